The molecule has 3 fully saturated rings. The normalized spacial score (nSPS) is 27.8. The van der Waals surface area contributed by atoms with Crippen LogP contribution in [0.2, 0.25) is 0 Å². The lowest BCUT2D eigenvalue weighted by atomic mass is 9.71. The van der Waals surface area contributed by atoms with Crippen molar-refractivity contribution >= 4 is 17.2 Å². The maximum absolute atomic E-state index is 13.1. The Balaban J connectivity index is 1.52. The molecule has 4 nitrogen and oxygen atoms in total. The first-order valence-electron chi connectivity index (χ1n) is 8.88. The van der Waals surface area contributed by atoms with Gasteiger partial charge in [0, 0.05) is 56.2 Å². The molecule has 3 saturated heterocycles. The van der Waals surface area contributed by atoms with Crippen LogP contribution in [0.5, 0.6) is 0 Å². The maximum Gasteiger partial charge on any atom is 0.227 e. The number of carbonyl (C=O) groups is 1. The van der Waals surface area contributed by atoms with Gasteiger partial charge in [0.05, 0.1) is 5.92 Å². The Hall–Kier alpha value is -0.910. The predicted molar refractivity (Wildman–Crippen MR) is 91.4 cm³/mol. The average molecular weight is 334 g/mol. The summed E-state index contributed by atoms with van der Waals surface area (Å²) in [4.78, 5) is 19.2. The Morgan fingerprint density at radius 2 is 2.09 bits per heavy atom. The molecule has 23 heavy (non-hydrogen) atoms. The van der Waals surface area contributed by atoms with Crippen molar-refractivity contribution in [3.63, 3.8) is 0 Å². The van der Waals surface area contributed by atoms with Gasteiger partial charge in [0.15, 0.2) is 0 Å². The van der Waals surface area contributed by atoms with Crippen LogP contribution in [0.15, 0.2) is 17.5 Å². The molecule has 0 aromatic carbocycles. The van der Waals surface area contributed by atoms with Crippen LogP contribution in [0.4, 0.5) is 0 Å². The van der Waals surface area contributed by atoms with E-state index >= 15 is 0 Å². The fourth-order valence-electron chi connectivity index (χ4n) is 4.60. The summed E-state index contributed by atoms with van der Waals surface area (Å²) in [5, 5.41) is 2.14. The Labute approximate surface area is 142 Å². The largest absolute Gasteiger partial charge is 0.381 e. The Morgan fingerprint density at radius 1 is 1.30 bits per heavy atom. The fourth-order valence-corrected chi connectivity index (χ4v) is 5.34. The lowest BCUT2D eigenvalue weighted by Crippen LogP contribution is -2.45. The van der Waals surface area contributed by atoms with Gasteiger partial charge in [-0.2, -0.15) is 0 Å². The van der Waals surface area contributed by atoms with Gasteiger partial charge in [-0.3, -0.25) is 9.69 Å². The number of rotatable bonds is 3. The number of ether oxygens (including phenoxy) is 1. The number of hydrogen-bond acceptors (Lipinski definition) is 4. The van der Waals surface area contributed by atoms with Gasteiger partial charge in [0.1, 0.15) is 0 Å². The van der Waals surface area contributed by atoms with E-state index in [1.54, 1.807) is 0 Å². The van der Waals surface area contributed by atoms with E-state index in [1.807, 2.05) is 11.3 Å². The van der Waals surface area contributed by atoms with Gasteiger partial charge >= 0.3 is 0 Å². The van der Waals surface area contributed by atoms with E-state index in [2.05, 4.69) is 27.3 Å². The van der Waals surface area contributed by atoms with Gasteiger partial charge in [0.2, 0.25) is 5.91 Å². The smallest absolute Gasteiger partial charge is 0.227 e. The van der Waals surface area contributed by atoms with Crippen molar-refractivity contribution < 1.29 is 9.53 Å². The molecule has 1 aromatic rings. The molecule has 4 rings (SSSR count). The van der Waals surface area contributed by atoms with Crippen LogP contribution >= 0.6 is 11.3 Å². The molecule has 3 aliphatic rings. The molecular weight excluding hydrogens is 308 g/mol. The SMILES string of the molecule is O=C([C@@H]1CN(Cc2cccs2)CC12CCOCC2)N1CCCC1. The summed E-state index contributed by atoms with van der Waals surface area (Å²) in [5.41, 5.74) is 0.148. The standard InChI is InChI=1S/C18H26N2O2S/c21-17(20-7-1-2-8-20)16-13-19(12-15-4-3-11-23-15)14-18(16)5-9-22-10-6-18/h3-4,11,16H,1-2,5-10,12-14H2/t16-/m0/s1. The van der Waals surface area contributed by atoms with E-state index in [4.69, 9.17) is 4.74 Å². The molecule has 0 N–H and O–H groups in total. The zero-order valence-electron chi connectivity index (χ0n) is 13.7. The van der Waals surface area contributed by atoms with Crippen LogP contribution in [-0.4, -0.2) is 55.1 Å². The van der Waals surface area contributed by atoms with Crippen molar-refractivity contribution in [1.82, 2.24) is 9.80 Å². The summed E-state index contributed by atoms with van der Waals surface area (Å²) >= 11 is 1.82. The number of carbonyl (C=O) groups excluding carboxylic acids is 1. The van der Waals surface area contributed by atoms with Gasteiger partial charge in [0.25, 0.3) is 0 Å². The summed E-state index contributed by atoms with van der Waals surface area (Å²) in [6, 6.07) is 4.32. The van der Waals surface area contributed by atoms with Crippen LogP contribution in [-0.2, 0) is 16.1 Å². The van der Waals surface area contributed by atoms with Gasteiger partial charge < -0.3 is 9.64 Å². The van der Waals surface area contributed by atoms with E-state index < -0.39 is 0 Å². The third-order valence-corrected chi connectivity index (χ3v) is 6.74. The molecule has 0 saturated carbocycles. The molecular formula is C18H26N2O2S. The van der Waals surface area contributed by atoms with Gasteiger partial charge in [-0.25, -0.2) is 0 Å². The van der Waals surface area contributed by atoms with Gasteiger partial charge in [-0.1, -0.05) is 6.07 Å². The molecule has 0 bridgehead atoms. The maximum atomic E-state index is 13.1. The molecule has 5 heteroatoms. The molecule has 0 unspecified atom stereocenters. The minimum absolute atomic E-state index is 0.148. The highest BCUT2D eigenvalue weighted by Crippen LogP contribution is 2.45. The molecule has 4 heterocycles. The van der Waals surface area contributed by atoms with Crippen molar-refractivity contribution in [1.29, 1.82) is 0 Å². The van der Waals surface area contributed by atoms with Crippen molar-refractivity contribution in [3.05, 3.63) is 22.4 Å². The molecule has 3 aliphatic heterocycles. The summed E-state index contributed by atoms with van der Waals surface area (Å²) < 4.78 is 5.61. The fraction of sp³-hybridized carbons (Fsp3) is 0.722. The molecule has 0 radical (unpaired) electrons. The highest BCUT2D eigenvalue weighted by atomic mass is 32.1. The second-order valence-electron chi connectivity index (χ2n) is 7.31. The summed E-state index contributed by atoms with van der Waals surface area (Å²) in [6.45, 7) is 6.53. The first-order chi connectivity index (χ1) is 11.3. The summed E-state index contributed by atoms with van der Waals surface area (Å²) in [7, 11) is 0. The van der Waals surface area contributed by atoms with Crippen LogP contribution in [0.25, 0.3) is 0 Å². The van der Waals surface area contributed by atoms with E-state index in [9.17, 15) is 4.79 Å². The summed E-state index contributed by atoms with van der Waals surface area (Å²) in [5.74, 6) is 0.586. The number of amides is 1. The highest BCUT2D eigenvalue weighted by molar-refractivity contribution is 7.09. The second kappa shape index (κ2) is 6.54. The molecule has 1 atom stereocenters. The highest BCUT2D eigenvalue weighted by Gasteiger charge is 2.51. The Kier molecular flexibility index (Phi) is 4.43. The lowest BCUT2D eigenvalue weighted by Gasteiger charge is -2.38. The Bertz CT molecular complexity index is 533. The summed E-state index contributed by atoms with van der Waals surface area (Å²) in [6.07, 6.45) is 4.43. The predicted octanol–water partition coefficient (Wildman–Crippen LogP) is 2.60. The van der Waals surface area contributed by atoms with E-state index in [0.29, 0.717) is 5.91 Å². The average Bonchev–Trinajstić information content (AvgIpc) is 3.30. The third-order valence-electron chi connectivity index (χ3n) is 5.88. The van der Waals surface area contributed by atoms with Crippen LogP contribution in [0.3, 0.4) is 0 Å². The molecule has 1 amide bonds. The quantitative estimate of drug-likeness (QED) is 0.852. The monoisotopic (exact) mass is 334 g/mol. The van der Waals surface area contributed by atoms with Crippen molar-refractivity contribution in [2.75, 3.05) is 39.4 Å². The van der Waals surface area contributed by atoms with Crippen molar-refractivity contribution in [3.8, 4) is 0 Å². The molecule has 1 spiro atoms. The number of hydrogen-bond donors (Lipinski definition) is 0. The van der Waals surface area contributed by atoms with E-state index in [1.165, 1.54) is 17.7 Å². The first kappa shape index (κ1) is 15.6. The minimum Gasteiger partial charge on any atom is -0.381 e. The van der Waals surface area contributed by atoms with Crippen LogP contribution < -0.4 is 0 Å². The van der Waals surface area contributed by atoms with Crippen molar-refractivity contribution in [2.24, 2.45) is 11.3 Å². The molecule has 126 valence electrons. The second-order valence-corrected chi connectivity index (χ2v) is 8.34. The molecule has 0 aliphatic carbocycles. The van der Waals surface area contributed by atoms with Gasteiger partial charge in [-0.15, -0.1) is 11.3 Å². The third kappa shape index (κ3) is 3.06. The number of nitrogens with zero attached hydrogens (tertiary/aromatic N) is 2. The minimum atomic E-state index is 0.148. The lowest BCUT2D eigenvalue weighted by molar-refractivity contribution is -0.139. The topological polar surface area (TPSA) is 32.8 Å². The zero-order valence-corrected chi connectivity index (χ0v) is 14.5. The Morgan fingerprint density at radius 3 is 2.78 bits per heavy atom. The first-order valence-corrected chi connectivity index (χ1v) is 9.76. The van der Waals surface area contributed by atoms with Crippen LogP contribution in [0.1, 0.15) is 30.6 Å². The van der Waals surface area contributed by atoms with E-state index in [-0.39, 0.29) is 11.3 Å². The van der Waals surface area contributed by atoms with Crippen LogP contribution in [0, 0.1) is 11.3 Å². The zero-order chi connectivity index (χ0) is 15.7. The number of likely N-dealkylation sites (tertiary alicyclic amines) is 2. The van der Waals surface area contributed by atoms with E-state index in [0.717, 1.165) is 58.8 Å². The van der Waals surface area contributed by atoms with Crippen molar-refractivity contribution in [2.45, 2.75) is 32.2 Å². The van der Waals surface area contributed by atoms with Gasteiger partial charge in [-0.05, 0) is 37.1 Å². The number of thiophene rings is 1. The molecule has 1 aromatic heterocycles.